The van der Waals surface area contributed by atoms with E-state index in [9.17, 15) is 8.42 Å². The van der Waals surface area contributed by atoms with Crippen LogP contribution in [0.5, 0.6) is 0 Å². The molecule has 0 heterocycles. The van der Waals surface area contributed by atoms with Crippen molar-refractivity contribution in [2.24, 2.45) is 0 Å². The Labute approximate surface area is 131 Å². The van der Waals surface area contributed by atoms with Crippen molar-refractivity contribution in [1.82, 2.24) is 13.9 Å². The minimum atomic E-state index is -3.43. The van der Waals surface area contributed by atoms with Crippen LogP contribution in [0.4, 0.5) is 0 Å². The third-order valence-electron chi connectivity index (χ3n) is 3.63. The summed E-state index contributed by atoms with van der Waals surface area (Å²) in [7, 11) is -0.174. The first-order valence-electron chi connectivity index (χ1n) is 7.88. The standard InChI is InChI=1S/C14H33N3O3S/c1-6-14(7-2)17(12-13-20-5)21(18,19)16(4)11-9-10-15-8-3/h14-15H,6-13H2,1-5H3. The Hall–Kier alpha value is -0.210. The molecule has 0 spiro atoms. The summed E-state index contributed by atoms with van der Waals surface area (Å²) in [5.74, 6) is 0. The van der Waals surface area contributed by atoms with E-state index >= 15 is 0 Å². The third-order valence-corrected chi connectivity index (χ3v) is 5.68. The fraction of sp³-hybridized carbons (Fsp3) is 1.00. The van der Waals surface area contributed by atoms with Crippen LogP contribution >= 0.6 is 0 Å². The van der Waals surface area contributed by atoms with E-state index in [1.54, 1.807) is 18.5 Å². The molecule has 0 amide bonds. The lowest BCUT2D eigenvalue weighted by Crippen LogP contribution is -2.48. The van der Waals surface area contributed by atoms with Gasteiger partial charge in [-0.2, -0.15) is 17.0 Å². The fourth-order valence-corrected chi connectivity index (χ4v) is 3.96. The number of rotatable bonds is 13. The summed E-state index contributed by atoms with van der Waals surface area (Å²) in [4.78, 5) is 0. The quantitative estimate of drug-likeness (QED) is 0.519. The average Bonchev–Trinajstić information content (AvgIpc) is 2.47. The van der Waals surface area contributed by atoms with Gasteiger partial charge < -0.3 is 10.1 Å². The number of hydrogen-bond donors (Lipinski definition) is 1. The minimum absolute atomic E-state index is 0.0290. The van der Waals surface area contributed by atoms with Gasteiger partial charge in [-0.05, 0) is 32.4 Å². The van der Waals surface area contributed by atoms with Gasteiger partial charge in [0.05, 0.1) is 6.61 Å². The Bertz CT molecular complexity index is 345. The van der Waals surface area contributed by atoms with E-state index in [0.29, 0.717) is 19.7 Å². The lowest BCUT2D eigenvalue weighted by atomic mass is 10.2. The molecule has 0 aliphatic carbocycles. The number of ether oxygens (including phenoxy) is 1. The maximum Gasteiger partial charge on any atom is 0.282 e. The summed E-state index contributed by atoms with van der Waals surface area (Å²) in [6.45, 7) is 9.18. The van der Waals surface area contributed by atoms with Crippen molar-refractivity contribution in [3.8, 4) is 0 Å². The first-order chi connectivity index (χ1) is 9.95. The van der Waals surface area contributed by atoms with Gasteiger partial charge in [-0.25, -0.2) is 0 Å². The zero-order valence-electron chi connectivity index (χ0n) is 14.3. The van der Waals surface area contributed by atoms with Crippen molar-refractivity contribution >= 4 is 10.2 Å². The normalized spacial score (nSPS) is 12.8. The third kappa shape index (κ3) is 7.06. The molecular weight excluding hydrogens is 290 g/mol. The molecule has 0 bridgehead atoms. The van der Waals surface area contributed by atoms with E-state index in [1.807, 2.05) is 20.8 Å². The predicted molar refractivity (Wildman–Crippen MR) is 87.7 cm³/mol. The molecule has 0 rings (SSSR count). The van der Waals surface area contributed by atoms with E-state index in [1.165, 1.54) is 4.31 Å². The van der Waals surface area contributed by atoms with Crippen LogP contribution in [0.1, 0.15) is 40.0 Å². The van der Waals surface area contributed by atoms with Gasteiger partial charge in [0.1, 0.15) is 0 Å². The molecule has 0 atom stereocenters. The van der Waals surface area contributed by atoms with Crippen LogP contribution in [0.15, 0.2) is 0 Å². The topological polar surface area (TPSA) is 61.9 Å². The van der Waals surface area contributed by atoms with Crippen LogP contribution in [-0.2, 0) is 14.9 Å². The lowest BCUT2D eigenvalue weighted by molar-refractivity contribution is 0.159. The zero-order chi connectivity index (χ0) is 16.3. The summed E-state index contributed by atoms with van der Waals surface area (Å²) in [5.41, 5.74) is 0. The first-order valence-corrected chi connectivity index (χ1v) is 9.28. The minimum Gasteiger partial charge on any atom is -0.383 e. The molecule has 0 aliphatic heterocycles. The second kappa shape index (κ2) is 11.4. The summed E-state index contributed by atoms with van der Waals surface area (Å²) in [6.07, 6.45) is 2.43. The van der Waals surface area contributed by atoms with Crippen molar-refractivity contribution in [2.75, 3.05) is 46.9 Å². The van der Waals surface area contributed by atoms with Gasteiger partial charge in [0.25, 0.3) is 10.2 Å². The molecule has 0 aromatic carbocycles. The van der Waals surface area contributed by atoms with Gasteiger partial charge in [-0.3, -0.25) is 0 Å². The molecule has 0 radical (unpaired) electrons. The van der Waals surface area contributed by atoms with Crippen molar-refractivity contribution in [1.29, 1.82) is 0 Å². The Kier molecular flexibility index (Phi) is 11.3. The maximum atomic E-state index is 12.7. The maximum absolute atomic E-state index is 12.7. The van der Waals surface area contributed by atoms with E-state index in [-0.39, 0.29) is 6.04 Å². The lowest BCUT2D eigenvalue weighted by Gasteiger charge is -2.33. The highest BCUT2D eigenvalue weighted by Gasteiger charge is 2.31. The molecule has 21 heavy (non-hydrogen) atoms. The number of hydrogen-bond acceptors (Lipinski definition) is 4. The molecule has 0 saturated carbocycles. The van der Waals surface area contributed by atoms with E-state index < -0.39 is 10.2 Å². The highest BCUT2D eigenvalue weighted by atomic mass is 32.2. The zero-order valence-corrected chi connectivity index (χ0v) is 15.1. The first kappa shape index (κ1) is 20.8. The largest absolute Gasteiger partial charge is 0.383 e. The van der Waals surface area contributed by atoms with Gasteiger partial charge in [0.2, 0.25) is 0 Å². The van der Waals surface area contributed by atoms with Crippen LogP contribution in [-0.4, -0.2) is 70.0 Å². The highest BCUT2D eigenvalue weighted by Crippen LogP contribution is 2.16. The van der Waals surface area contributed by atoms with Crippen LogP contribution < -0.4 is 5.32 Å². The van der Waals surface area contributed by atoms with Crippen molar-refractivity contribution < 1.29 is 13.2 Å². The van der Waals surface area contributed by atoms with Crippen molar-refractivity contribution in [3.05, 3.63) is 0 Å². The summed E-state index contributed by atoms with van der Waals surface area (Å²) in [5, 5.41) is 3.21. The van der Waals surface area contributed by atoms with Gasteiger partial charge in [-0.15, -0.1) is 0 Å². The van der Waals surface area contributed by atoms with Crippen LogP contribution in [0, 0.1) is 0 Å². The fourth-order valence-electron chi connectivity index (χ4n) is 2.26. The molecule has 0 fully saturated rings. The molecule has 128 valence electrons. The number of nitrogens with one attached hydrogen (secondary N) is 1. The average molecular weight is 324 g/mol. The Morgan fingerprint density at radius 2 is 1.76 bits per heavy atom. The van der Waals surface area contributed by atoms with Crippen LogP contribution in [0.25, 0.3) is 0 Å². The predicted octanol–water partition coefficient (Wildman–Crippen LogP) is 1.30. The number of methoxy groups -OCH3 is 1. The summed E-state index contributed by atoms with van der Waals surface area (Å²) < 4.78 is 33.6. The molecule has 7 heteroatoms. The van der Waals surface area contributed by atoms with Crippen molar-refractivity contribution in [3.63, 3.8) is 0 Å². The van der Waals surface area contributed by atoms with Gasteiger partial charge >= 0.3 is 0 Å². The van der Waals surface area contributed by atoms with Gasteiger partial charge in [0, 0.05) is 33.3 Å². The second-order valence-electron chi connectivity index (χ2n) is 5.11. The van der Waals surface area contributed by atoms with E-state index in [4.69, 9.17) is 4.74 Å². The monoisotopic (exact) mass is 323 g/mol. The van der Waals surface area contributed by atoms with Gasteiger partial charge in [-0.1, -0.05) is 20.8 Å². The molecule has 0 aromatic rings. The Morgan fingerprint density at radius 3 is 2.24 bits per heavy atom. The molecule has 6 nitrogen and oxygen atoms in total. The molecule has 0 aliphatic rings. The second-order valence-corrected chi connectivity index (χ2v) is 7.10. The SMILES string of the molecule is CCNCCCN(C)S(=O)(=O)N(CCOC)C(CC)CC. The van der Waals surface area contributed by atoms with Crippen molar-refractivity contribution in [2.45, 2.75) is 46.1 Å². The van der Waals surface area contributed by atoms with Gasteiger partial charge in [0.15, 0.2) is 0 Å². The Balaban J connectivity index is 4.81. The number of nitrogens with zero attached hydrogens (tertiary/aromatic N) is 2. The molecule has 0 saturated heterocycles. The molecule has 1 N–H and O–H groups in total. The Morgan fingerprint density at radius 1 is 1.14 bits per heavy atom. The highest BCUT2D eigenvalue weighted by molar-refractivity contribution is 7.86. The molecule has 0 aromatic heterocycles. The van der Waals surface area contributed by atoms with Crippen LogP contribution in [0.2, 0.25) is 0 Å². The van der Waals surface area contributed by atoms with E-state index in [0.717, 1.165) is 32.4 Å². The van der Waals surface area contributed by atoms with Crippen LogP contribution in [0.3, 0.4) is 0 Å². The van der Waals surface area contributed by atoms with E-state index in [2.05, 4.69) is 5.32 Å². The molecular formula is C14H33N3O3S. The summed E-state index contributed by atoms with van der Waals surface area (Å²) >= 11 is 0. The summed E-state index contributed by atoms with van der Waals surface area (Å²) in [6, 6.07) is 0.0290. The molecule has 0 unspecified atom stereocenters. The smallest absolute Gasteiger partial charge is 0.282 e.